The van der Waals surface area contributed by atoms with Crippen LogP contribution in [0.4, 0.5) is 10.1 Å². The molecule has 0 heterocycles. The molecule has 0 unspecified atom stereocenters. The highest BCUT2D eigenvalue weighted by Gasteiger charge is 2.20. The fraction of sp³-hybridized carbons (Fsp3) is 0.278. The Morgan fingerprint density at radius 2 is 1.93 bits per heavy atom. The maximum atomic E-state index is 13.7. The van der Waals surface area contributed by atoms with Crippen LogP contribution in [0.1, 0.15) is 5.56 Å². The second-order valence-electron chi connectivity index (χ2n) is 5.85. The summed E-state index contributed by atoms with van der Waals surface area (Å²) in [5, 5.41) is 3.05. The van der Waals surface area contributed by atoms with E-state index in [4.69, 9.17) is 11.6 Å². The smallest absolute Gasteiger partial charge is 0.240 e. The highest BCUT2D eigenvalue weighted by molar-refractivity contribution is 9.10. The number of halogens is 3. The van der Waals surface area contributed by atoms with Crippen LogP contribution in [-0.2, 0) is 20.6 Å². The van der Waals surface area contributed by atoms with Crippen LogP contribution in [0.5, 0.6) is 0 Å². The van der Waals surface area contributed by atoms with Crippen molar-refractivity contribution in [1.82, 2.24) is 5.32 Å². The fourth-order valence-corrected chi connectivity index (χ4v) is 4.62. The zero-order chi connectivity index (χ0) is 20.7. The summed E-state index contributed by atoms with van der Waals surface area (Å²) < 4.78 is 39.6. The lowest BCUT2D eigenvalue weighted by Crippen LogP contribution is -2.41. The zero-order valence-corrected chi connectivity index (χ0v) is 19.0. The maximum Gasteiger partial charge on any atom is 0.240 e. The predicted octanol–water partition coefficient (Wildman–Crippen LogP) is 4.06. The van der Waals surface area contributed by atoms with Gasteiger partial charge in [-0.15, -0.1) is 0 Å². The summed E-state index contributed by atoms with van der Waals surface area (Å²) in [7, 11) is -3.61. The normalized spacial score (nSPS) is 11.3. The SMILES string of the molecule is CS(=O)(=O)N(CC(=O)NCCSCc1c(F)cccc1Cl)c1ccc(Br)cc1. The molecule has 0 aliphatic rings. The number of hydrogen-bond acceptors (Lipinski definition) is 4. The van der Waals surface area contributed by atoms with Crippen LogP contribution in [-0.4, -0.2) is 39.4 Å². The van der Waals surface area contributed by atoms with Gasteiger partial charge in [-0.25, -0.2) is 12.8 Å². The van der Waals surface area contributed by atoms with Crippen molar-refractivity contribution in [2.24, 2.45) is 0 Å². The minimum absolute atomic E-state index is 0.315. The van der Waals surface area contributed by atoms with Crippen molar-refractivity contribution in [1.29, 1.82) is 0 Å². The van der Waals surface area contributed by atoms with Gasteiger partial charge in [0.2, 0.25) is 15.9 Å². The molecular formula is C18H19BrClFN2O3S2. The number of carbonyl (C=O) groups excluding carboxylic acids is 1. The van der Waals surface area contributed by atoms with Crippen LogP contribution in [0, 0.1) is 5.82 Å². The molecule has 0 atom stereocenters. The summed E-state index contributed by atoms with van der Waals surface area (Å²) in [4.78, 5) is 12.2. The average Bonchev–Trinajstić information content (AvgIpc) is 2.61. The summed E-state index contributed by atoms with van der Waals surface area (Å²) in [6.45, 7) is 0.0117. The Labute approximate surface area is 181 Å². The fourth-order valence-electron chi connectivity index (χ4n) is 2.30. The minimum atomic E-state index is -3.61. The molecule has 0 radical (unpaired) electrons. The lowest BCUT2D eigenvalue weighted by molar-refractivity contribution is -0.119. The van der Waals surface area contributed by atoms with Crippen LogP contribution in [0.15, 0.2) is 46.9 Å². The molecule has 0 fully saturated rings. The first-order chi connectivity index (χ1) is 13.2. The van der Waals surface area contributed by atoms with Crippen LogP contribution >= 0.6 is 39.3 Å². The molecule has 0 aromatic heterocycles. The molecule has 5 nitrogen and oxygen atoms in total. The molecule has 2 rings (SSSR count). The van der Waals surface area contributed by atoms with Gasteiger partial charge in [0.15, 0.2) is 0 Å². The summed E-state index contributed by atoms with van der Waals surface area (Å²) in [6.07, 6.45) is 1.05. The van der Waals surface area contributed by atoms with Crippen molar-refractivity contribution < 1.29 is 17.6 Å². The molecule has 0 spiro atoms. The number of carbonyl (C=O) groups is 1. The van der Waals surface area contributed by atoms with Gasteiger partial charge in [-0.05, 0) is 36.4 Å². The van der Waals surface area contributed by atoms with E-state index < -0.39 is 15.9 Å². The molecule has 0 saturated heterocycles. The van der Waals surface area contributed by atoms with Gasteiger partial charge in [-0.2, -0.15) is 11.8 Å². The molecule has 10 heteroatoms. The number of rotatable bonds is 9. The number of sulfonamides is 1. The Hall–Kier alpha value is -1.29. The van der Waals surface area contributed by atoms with E-state index in [9.17, 15) is 17.6 Å². The lowest BCUT2D eigenvalue weighted by Gasteiger charge is -2.22. The Morgan fingerprint density at radius 3 is 2.54 bits per heavy atom. The third-order valence-corrected chi connectivity index (χ3v) is 6.69. The first-order valence-corrected chi connectivity index (χ1v) is 12.4. The molecule has 152 valence electrons. The maximum absolute atomic E-state index is 13.7. The van der Waals surface area contributed by atoms with Gasteiger partial charge >= 0.3 is 0 Å². The molecule has 2 aromatic rings. The predicted molar refractivity (Wildman–Crippen MR) is 117 cm³/mol. The van der Waals surface area contributed by atoms with Gasteiger partial charge in [0.05, 0.1) is 11.9 Å². The van der Waals surface area contributed by atoms with Crippen molar-refractivity contribution in [2.45, 2.75) is 5.75 Å². The third kappa shape index (κ3) is 6.95. The Kier molecular flexibility index (Phi) is 8.60. The van der Waals surface area contributed by atoms with E-state index in [0.29, 0.717) is 34.3 Å². The Morgan fingerprint density at radius 1 is 1.25 bits per heavy atom. The monoisotopic (exact) mass is 508 g/mol. The van der Waals surface area contributed by atoms with Crippen LogP contribution in [0.25, 0.3) is 0 Å². The van der Waals surface area contributed by atoms with Gasteiger partial charge in [-0.3, -0.25) is 9.10 Å². The number of anilines is 1. The van der Waals surface area contributed by atoms with Gasteiger partial charge in [0, 0.05) is 33.1 Å². The van der Waals surface area contributed by atoms with Gasteiger partial charge < -0.3 is 5.32 Å². The first kappa shape index (κ1) is 23.0. The van der Waals surface area contributed by atoms with Crippen molar-refractivity contribution >= 4 is 60.9 Å². The van der Waals surface area contributed by atoms with Crippen LogP contribution < -0.4 is 9.62 Å². The second-order valence-corrected chi connectivity index (χ2v) is 10.2. The van der Waals surface area contributed by atoms with Gasteiger partial charge in [0.25, 0.3) is 0 Å². The van der Waals surface area contributed by atoms with Crippen LogP contribution in [0.2, 0.25) is 5.02 Å². The number of nitrogens with zero attached hydrogens (tertiary/aromatic N) is 1. The molecule has 1 amide bonds. The van der Waals surface area contributed by atoms with Gasteiger partial charge in [-0.1, -0.05) is 33.6 Å². The lowest BCUT2D eigenvalue weighted by atomic mass is 10.2. The van der Waals surface area contributed by atoms with E-state index in [1.165, 1.54) is 17.8 Å². The van der Waals surface area contributed by atoms with Crippen molar-refractivity contribution in [3.05, 3.63) is 63.3 Å². The largest absolute Gasteiger partial charge is 0.354 e. The first-order valence-electron chi connectivity index (χ1n) is 8.19. The number of hydrogen-bond donors (Lipinski definition) is 1. The molecule has 0 aliphatic heterocycles. The van der Waals surface area contributed by atoms with Crippen LogP contribution in [0.3, 0.4) is 0 Å². The van der Waals surface area contributed by atoms with E-state index in [1.54, 1.807) is 36.4 Å². The molecule has 1 N–H and O–H groups in total. The van der Waals surface area contributed by atoms with Crippen molar-refractivity contribution in [3.8, 4) is 0 Å². The highest BCUT2D eigenvalue weighted by Crippen LogP contribution is 2.24. The number of benzene rings is 2. The van der Waals surface area contributed by atoms with Crippen molar-refractivity contribution in [2.75, 3.05) is 29.4 Å². The third-order valence-electron chi connectivity index (χ3n) is 3.68. The summed E-state index contributed by atoms with van der Waals surface area (Å²) in [6, 6.07) is 11.2. The molecule has 0 saturated carbocycles. The molecule has 2 aromatic carbocycles. The quantitative estimate of drug-likeness (QED) is 0.518. The summed E-state index contributed by atoms with van der Waals surface area (Å²) in [5.41, 5.74) is 0.836. The van der Waals surface area contributed by atoms with E-state index >= 15 is 0 Å². The minimum Gasteiger partial charge on any atom is -0.354 e. The zero-order valence-electron chi connectivity index (χ0n) is 15.0. The average molecular weight is 510 g/mol. The summed E-state index contributed by atoms with van der Waals surface area (Å²) in [5.74, 6) is 0.142. The molecule has 0 bridgehead atoms. The number of nitrogens with one attached hydrogen (secondary N) is 1. The molecular weight excluding hydrogens is 491 g/mol. The van der Waals surface area contributed by atoms with Crippen molar-refractivity contribution in [3.63, 3.8) is 0 Å². The standard InChI is InChI=1S/C18H19BrClFN2O3S2/c1-28(25,26)23(14-7-5-13(19)6-8-14)11-18(24)22-9-10-27-12-15-16(20)3-2-4-17(15)21/h2-8H,9-12H2,1H3,(H,22,24). The van der Waals surface area contributed by atoms with E-state index in [1.807, 2.05) is 0 Å². The Balaban J connectivity index is 1.84. The van der Waals surface area contributed by atoms with Gasteiger partial charge in [0.1, 0.15) is 12.4 Å². The number of amides is 1. The molecule has 0 aliphatic carbocycles. The highest BCUT2D eigenvalue weighted by atomic mass is 79.9. The van der Waals surface area contributed by atoms with E-state index in [-0.39, 0.29) is 12.4 Å². The summed E-state index contributed by atoms with van der Waals surface area (Å²) >= 11 is 10.7. The topological polar surface area (TPSA) is 66.5 Å². The second kappa shape index (κ2) is 10.5. The Bertz CT molecular complexity index is 907. The van der Waals surface area contributed by atoms with E-state index in [0.717, 1.165) is 15.0 Å². The number of thioether (sulfide) groups is 1. The molecule has 28 heavy (non-hydrogen) atoms. The van der Waals surface area contributed by atoms with E-state index in [2.05, 4.69) is 21.2 Å².